The van der Waals surface area contributed by atoms with E-state index in [0.29, 0.717) is 5.02 Å². The second-order valence-corrected chi connectivity index (χ2v) is 6.72. The predicted molar refractivity (Wildman–Crippen MR) is 79.5 cm³/mol. The summed E-state index contributed by atoms with van der Waals surface area (Å²) >= 11 is 5.82. The zero-order valence-electron chi connectivity index (χ0n) is 10.6. The molecule has 1 aromatic carbocycles. The number of piperidine rings is 1. The van der Waals surface area contributed by atoms with Gasteiger partial charge in [0.25, 0.3) is 0 Å². The van der Waals surface area contributed by atoms with E-state index in [1.165, 1.54) is 6.07 Å². The van der Waals surface area contributed by atoms with E-state index in [4.69, 9.17) is 11.6 Å². The lowest BCUT2D eigenvalue weighted by Crippen LogP contribution is -2.51. The molecule has 0 amide bonds. The smallest absolute Gasteiger partial charge is 0.240 e. The summed E-state index contributed by atoms with van der Waals surface area (Å²) in [6, 6.07) is 6.39. The van der Waals surface area contributed by atoms with Gasteiger partial charge in [-0.25, -0.2) is 13.1 Å². The summed E-state index contributed by atoms with van der Waals surface area (Å²) in [5, 5.41) is 3.69. The van der Waals surface area contributed by atoms with Gasteiger partial charge in [-0.3, -0.25) is 0 Å². The van der Waals surface area contributed by atoms with Crippen LogP contribution in [0.3, 0.4) is 0 Å². The molecule has 1 aliphatic heterocycles. The van der Waals surface area contributed by atoms with Crippen molar-refractivity contribution in [1.82, 2.24) is 10.0 Å². The van der Waals surface area contributed by atoms with Crippen molar-refractivity contribution in [1.29, 1.82) is 0 Å². The van der Waals surface area contributed by atoms with Gasteiger partial charge in [-0.2, -0.15) is 0 Å². The fraction of sp³-hybridized carbons (Fsp3) is 0.500. The predicted octanol–water partition coefficient (Wildman–Crippen LogP) is 2.18. The van der Waals surface area contributed by atoms with Gasteiger partial charge in [0.2, 0.25) is 10.0 Å². The molecule has 0 aromatic heterocycles. The first-order valence-electron chi connectivity index (χ1n) is 6.00. The second kappa shape index (κ2) is 6.90. The number of nitrogens with one attached hydrogen (secondary N) is 2. The molecule has 2 unspecified atom stereocenters. The van der Waals surface area contributed by atoms with Gasteiger partial charge in [0, 0.05) is 17.1 Å². The van der Waals surface area contributed by atoms with Crippen LogP contribution in [0.5, 0.6) is 0 Å². The van der Waals surface area contributed by atoms with Crippen molar-refractivity contribution in [2.24, 2.45) is 0 Å². The molecular weight excluding hydrogens is 307 g/mol. The van der Waals surface area contributed by atoms with Crippen LogP contribution in [0.4, 0.5) is 0 Å². The van der Waals surface area contributed by atoms with Crippen LogP contribution in [0, 0.1) is 0 Å². The Kier molecular flexibility index (Phi) is 6.08. The van der Waals surface area contributed by atoms with Gasteiger partial charge in [-0.15, -0.1) is 12.4 Å². The minimum absolute atomic E-state index is 0. The Hall–Kier alpha value is -0.330. The lowest BCUT2D eigenvalue weighted by molar-refractivity contribution is 0.349. The summed E-state index contributed by atoms with van der Waals surface area (Å²) in [7, 11) is -3.49. The normalized spacial score (nSPS) is 23.7. The highest BCUT2D eigenvalue weighted by Crippen LogP contribution is 2.17. The first-order chi connectivity index (χ1) is 8.49. The van der Waals surface area contributed by atoms with E-state index in [9.17, 15) is 8.42 Å². The van der Waals surface area contributed by atoms with Crippen LogP contribution >= 0.6 is 24.0 Å². The minimum atomic E-state index is -3.49. The zero-order chi connectivity index (χ0) is 13.2. The van der Waals surface area contributed by atoms with Crippen molar-refractivity contribution < 1.29 is 8.42 Å². The van der Waals surface area contributed by atoms with Crippen molar-refractivity contribution >= 4 is 34.0 Å². The average Bonchev–Trinajstić information content (AvgIpc) is 2.32. The quantitative estimate of drug-likeness (QED) is 0.896. The molecule has 1 aromatic rings. The van der Waals surface area contributed by atoms with Gasteiger partial charge in [-0.1, -0.05) is 17.7 Å². The standard InChI is InChI=1S/C12H17ClN2O2S.ClH/c1-9-12(6-3-7-14-9)15-18(16,17)11-5-2-4-10(13)8-11;/h2,4-5,8-9,12,14-15H,3,6-7H2,1H3;1H. The molecule has 19 heavy (non-hydrogen) atoms. The van der Waals surface area contributed by atoms with Crippen molar-refractivity contribution in [3.05, 3.63) is 29.3 Å². The zero-order valence-corrected chi connectivity index (χ0v) is 13.0. The number of hydrogen-bond acceptors (Lipinski definition) is 3. The molecule has 0 saturated carbocycles. The molecule has 0 spiro atoms. The maximum atomic E-state index is 12.2. The topological polar surface area (TPSA) is 58.2 Å². The lowest BCUT2D eigenvalue weighted by Gasteiger charge is -2.30. The molecule has 1 heterocycles. The van der Waals surface area contributed by atoms with Crippen LogP contribution in [0.15, 0.2) is 29.2 Å². The van der Waals surface area contributed by atoms with Gasteiger partial charge >= 0.3 is 0 Å². The lowest BCUT2D eigenvalue weighted by atomic mass is 10.0. The Balaban J connectivity index is 0.00000180. The molecule has 0 bridgehead atoms. The molecule has 1 aliphatic rings. The SMILES string of the molecule is CC1NCCCC1NS(=O)(=O)c1cccc(Cl)c1.Cl. The Morgan fingerprint density at radius 1 is 1.42 bits per heavy atom. The highest BCUT2D eigenvalue weighted by atomic mass is 35.5. The fourth-order valence-electron chi connectivity index (χ4n) is 2.11. The Morgan fingerprint density at radius 3 is 2.79 bits per heavy atom. The Bertz CT molecular complexity index is 522. The van der Waals surface area contributed by atoms with Gasteiger partial charge in [0.1, 0.15) is 0 Å². The van der Waals surface area contributed by atoms with Crippen LogP contribution in [0.2, 0.25) is 5.02 Å². The van der Waals surface area contributed by atoms with E-state index in [2.05, 4.69) is 10.0 Å². The molecular formula is C12H18Cl2N2O2S. The monoisotopic (exact) mass is 324 g/mol. The van der Waals surface area contributed by atoms with E-state index < -0.39 is 10.0 Å². The third kappa shape index (κ3) is 4.33. The first-order valence-corrected chi connectivity index (χ1v) is 7.86. The third-order valence-electron chi connectivity index (χ3n) is 3.17. The van der Waals surface area contributed by atoms with E-state index in [0.717, 1.165) is 19.4 Å². The van der Waals surface area contributed by atoms with Crippen molar-refractivity contribution in [3.8, 4) is 0 Å². The van der Waals surface area contributed by atoms with Crippen molar-refractivity contribution in [3.63, 3.8) is 0 Å². The molecule has 0 radical (unpaired) electrons. The highest BCUT2D eigenvalue weighted by molar-refractivity contribution is 7.89. The van der Waals surface area contributed by atoms with Crippen molar-refractivity contribution in [2.45, 2.75) is 36.7 Å². The molecule has 4 nitrogen and oxygen atoms in total. The van der Waals surface area contributed by atoms with E-state index in [-0.39, 0.29) is 29.4 Å². The summed E-state index contributed by atoms with van der Waals surface area (Å²) in [5.41, 5.74) is 0. The number of hydrogen-bond donors (Lipinski definition) is 2. The number of rotatable bonds is 3. The van der Waals surface area contributed by atoms with Gasteiger partial charge in [0.05, 0.1) is 4.90 Å². The first kappa shape index (κ1) is 16.7. The molecule has 2 atom stereocenters. The van der Waals surface area contributed by atoms with Gasteiger partial charge < -0.3 is 5.32 Å². The molecule has 2 rings (SSSR count). The average molecular weight is 325 g/mol. The molecule has 7 heteroatoms. The van der Waals surface area contributed by atoms with Crippen LogP contribution in [0.25, 0.3) is 0 Å². The van der Waals surface area contributed by atoms with E-state index >= 15 is 0 Å². The second-order valence-electron chi connectivity index (χ2n) is 4.57. The summed E-state index contributed by atoms with van der Waals surface area (Å²) in [4.78, 5) is 0.216. The maximum Gasteiger partial charge on any atom is 0.240 e. The molecule has 1 fully saturated rings. The third-order valence-corrected chi connectivity index (χ3v) is 4.90. The highest BCUT2D eigenvalue weighted by Gasteiger charge is 2.26. The summed E-state index contributed by atoms with van der Waals surface area (Å²) in [6.45, 7) is 2.93. The van der Waals surface area contributed by atoms with Gasteiger partial charge in [0.15, 0.2) is 0 Å². The maximum absolute atomic E-state index is 12.2. The summed E-state index contributed by atoms with van der Waals surface area (Å²) in [5.74, 6) is 0. The van der Waals surface area contributed by atoms with Crippen molar-refractivity contribution in [2.75, 3.05) is 6.54 Å². The molecule has 1 saturated heterocycles. The van der Waals surface area contributed by atoms with Crippen LogP contribution in [-0.4, -0.2) is 27.0 Å². The molecule has 108 valence electrons. The number of halogens is 2. The summed E-state index contributed by atoms with van der Waals surface area (Å²) < 4.78 is 27.1. The molecule has 2 N–H and O–H groups in total. The minimum Gasteiger partial charge on any atom is -0.313 e. The van der Waals surface area contributed by atoms with Crippen LogP contribution in [0.1, 0.15) is 19.8 Å². The number of benzene rings is 1. The molecule has 0 aliphatic carbocycles. The van der Waals surface area contributed by atoms with Crippen LogP contribution in [-0.2, 0) is 10.0 Å². The van der Waals surface area contributed by atoms with E-state index in [1.54, 1.807) is 18.2 Å². The summed E-state index contributed by atoms with van der Waals surface area (Å²) in [6.07, 6.45) is 1.83. The fourth-order valence-corrected chi connectivity index (χ4v) is 3.76. The van der Waals surface area contributed by atoms with E-state index in [1.807, 2.05) is 6.92 Å². The van der Waals surface area contributed by atoms with Gasteiger partial charge in [-0.05, 0) is 44.5 Å². The van der Waals surface area contributed by atoms with Crippen LogP contribution < -0.4 is 10.0 Å². The Morgan fingerprint density at radius 2 is 2.16 bits per heavy atom. The largest absolute Gasteiger partial charge is 0.313 e. The number of sulfonamides is 1. The Labute approximate surface area is 125 Å².